The second-order valence-corrected chi connectivity index (χ2v) is 3.50. The standard InChI is InChI=1S/C12H14O4/c1-8(13)11-7-10(3-4-12(11)15)5-6-16-9(2)14/h3-4,7,15H,5-6H2,1-2H3. The van der Waals surface area contributed by atoms with Gasteiger partial charge in [-0.2, -0.15) is 0 Å². The van der Waals surface area contributed by atoms with Crippen molar-refractivity contribution in [3.63, 3.8) is 0 Å². The first kappa shape index (κ1) is 12.2. The first-order valence-electron chi connectivity index (χ1n) is 4.97. The number of hydrogen-bond acceptors (Lipinski definition) is 4. The van der Waals surface area contributed by atoms with E-state index in [-0.39, 0.29) is 24.1 Å². The Hall–Kier alpha value is -1.84. The van der Waals surface area contributed by atoms with Crippen molar-refractivity contribution in [2.75, 3.05) is 6.61 Å². The van der Waals surface area contributed by atoms with E-state index in [9.17, 15) is 14.7 Å². The van der Waals surface area contributed by atoms with Crippen molar-refractivity contribution in [3.8, 4) is 5.75 Å². The van der Waals surface area contributed by atoms with E-state index in [1.807, 2.05) is 0 Å². The Morgan fingerprint density at radius 2 is 2.00 bits per heavy atom. The van der Waals surface area contributed by atoms with Gasteiger partial charge >= 0.3 is 5.97 Å². The Morgan fingerprint density at radius 1 is 1.31 bits per heavy atom. The van der Waals surface area contributed by atoms with Crippen LogP contribution in [-0.4, -0.2) is 23.5 Å². The summed E-state index contributed by atoms with van der Waals surface area (Å²) in [5, 5.41) is 9.41. The number of benzene rings is 1. The lowest BCUT2D eigenvalue weighted by Gasteiger charge is -2.05. The number of Topliss-reactive ketones (excluding diaryl/α,β-unsaturated/α-hetero) is 1. The molecule has 0 unspecified atom stereocenters. The minimum absolute atomic E-state index is 0.0243. The zero-order valence-electron chi connectivity index (χ0n) is 9.32. The van der Waals surface area contributed by atoms with Crippen LogP contribution in [0.4, 0.5) is 0 Å². The third kappa shape index (κ3) is 3.38. The number of hydrogen-bond donors (Lipinski definition) is 1. The molecule has 0 bridgehead atoms. The highest BCUT2D eigenvalue weighted by molar-refractivity contribution is 5.96. The molecular formula is C12H14O4. The maximum absolute atomic E-state index is 11.2. The van der Waals surface area contributed by atoms with Crippen LogP contribution in [0.2, 0.25) is 0 Å². The monoisotopic (exact) mass is 222 g/mol. The Labute approximate surface area is 93.9 Å². The molecule has 1 N–H and O–H groups in total. The Bertz CT molecular complexity index is 409. The number of ketones is 1. The van der Waals surface area contributed by atoms with Crippen LogP contribution < -0.4 is 0 Å². The number of esters is 1. The highest BCUT2D eigenvalue weighted by atomic mass is 16.5. The molecule has 0 spiro atoms. The van der Waals surface area contributed by atoms with Gasteiger partial charge < -0.3 is 9.84 Å². The smallest absolute Gasteiger partial charge is 0.302 e. The number of carbonyl (C=O) groups is 2. The molecular weight excluding hydrogens is 208 g/mol. The SMILES string of the molecule is CC(=O)OCCc1ccc(O)c(C(C)=O)c1. The fourth-order valence-corrected chi connectivity index (χ4v) is 1.33. The summed E-state index contributed by atoms with van der Waals surface area (Å²) in [5.74, 6) is -0.541. The highest BCUT2D eigenvalue weighted by Crippen LogP contribution is 2.19. The van der Waals surface area contributed by atoms with E-state index in [4.69, 9.17) is 4.74 Å². The summed E-state index contributed by atoms with van der Waals surface area (Å²) in [7, 11) is 0. The molecule has 0 amide bonds. The number of phenols is 1. The van der Waals surface area contributed by atoms with E-state index in [1.54, 1.807) is 12.1 Å². The molecule has 86 valence electrons. The average molecular weight is 222 g/mol. The van der Waals surface area contributed by atoms with Gasteiger partial charge in [0.1, 0.15) is 5.75 Å². The van der Waals surface area contributed by atoms with Crippen LogP contribution in [0.3, 0.4) is 0 Å². The van der Waals surface area contributed by atoms with E-state index in [0.717, 1.165) is 5.56 Å². The molecule has 0 aromatic heterocycles. The Kier molecular flexibility index (Phi) is 4.05. The van der Waals surface area contributed by atoms with Crippen molar-refractivity contribution in [2.45, 2.75) is 20.3 Å². The fraction of sp³-hybridized carbons (Fsp3) is 0.333. The van der Waals surface area contributed by atoms with Crippen LogP contribution >= 0.6 is 0 Å². The zero-order valence-corrected chi connectivity index (χ0v) is 9.32. The van der Waals surface area contributed by atoms with Gasteiger partial charge in [-0.05, 0) is 24.6 Å². The summed E-state index contributed by atoms with van der Waals surface area (Å²) in [6.45, 7) is 3.01. The third-order valence-electron chi connectivity index (χ3n) is 2.14. The molecule has 1 aromatic rings. The molecule has 0 saturated carbocycles. The van der Waals surface area contributed by atoms with Crippen molar-refractivity contribution < 1.29 is 19.4 Å². The summed E-state index contributed by atoms with van der Waals surface area (Å²) in [4.78, 5) is 21.7. The maximum atomic E-state index is 11.2. The Morgan fingerprint density at radius 3 is 2.56 bits per heavy atom. The van der Waals surface area contributed by atoms with Gasteiger partial charge in [0.25, 0.3) is 0 Å². The number of rotatable bonds is 4. The van der Waals surface area contributed by atoms with Crippen LogP contribution in [0.15, 0.2) is 18.2 Å². The lowest BCUT2D eigenvalue weighted by Crippen LogP contribution is -2.04. The Balaban J connectivity index is 2.71. The second-order valence-electron chi connectivity index (χ2n) is 3.50. The molecule has 0 atom stereocenters. The molecule has 0 saturated heterocycles. The predicted molar refractivity (Wildman–Crippen MR) is 58.4 cm³/mol. The van der Waals surface area contributed by atoms with Gasteiger partial charge in [-0.25, -0.2) is 0 Å². The number of phenolic OH excluding ortho intramolecular Hbond substituents is 1. The predicted octanol–water partition coefficient (Wildman–Crippen LogP) is 1.70. The number of carbonyl (C=O) groups excluding carboxylic acids is 2. The van der Waals surface area contributed by atoms with Crippen LogP contribution in [0.5, 0.6) is 5.75 Å². The van der Waals surface area contributed by atoms with E-state index < -0.39 is 0 Å². The summed E-state index contributed by atoms with van der Waals surface area (Å²) < 4.78 is 4.79. The largest absolute Gasteiger partial charge is 0.507 e. The number of ether oxygens (including phenoxy) is 1. The van der Waals surface area contributed by atoms with Crippen molar-refractivity contribution in [1.82, 2.24) is 0 Å². The van der Waals surface area contributed by atoms with Crippen LogP contribution in [0.25, 0.3) is 0 Å². The molecule has 0 aliphatic rings. The van der Waals surface area contributed by atoms with E-state index in [1.165, 1.54) is 19.9 Å². The van der Waals surface area contributed by atoms with Crippen molar-refractivity contribution in [1.29, 1.82) is 0 Å². The summed E-state index contributed by atoms with van der Waals surface area (Å²) in [5.41, 5.74) is 1.14. The van der Waals surface area contributed by atoms with Gasteiger partial charge in [0.15, 0.2) is 5.78 Å². The topological polar surface area (TPSA) is 63.6 Å². The lowest BCUT2D eigenvalue weighted by molar-refractivity contribution is -0.140. The third-order valence-corrected chi connectivity index (χ3v) is 2.14. The van der Waals surface area contributed by atoms with Gasteiger partial charge in [0.2, 0.25) is 0 Å². The van der Waals surface area contributed by atoms with Crippen molar-refractivity contribution in [3.05, 3.63) is 29.3 Å². The first-order valence-corrected chi connectivity index (χ1v) is 4.97. The zero-order chi connectivity index (χ0) is 12.1. The quantitative estimate of drug-likeness (QED) is 0.622. The van der Waals surface area contributed by atoms with E-state index in [0.29, 0.717) is 12.0 Å². The summed E-state index contributed by atoms with van der Waals surface area (Å²) in [6, 6.07) is 4.78. The molecule has 16 heavy (non-hydrogen) atoms. The van der Waals surface area contributed by atoms with E-state index >= 15 is 0 Å². The second kappa shape index (κ2) is 5.30. The summed E-state index contributed by atoms with van der Waals surface area (Å²) in [6.07, 6.45) is 0.528. The van der Waals surface area contributed by atoms with Gasteiger partial charge in [0.05, 0.1) is 12.2 Å². The molecule has 0 heterocycles. The van der Waals surface area contributed by atoms with Gasteiger partial charge in [-0.15, -0.1) is 0 Å². The maximum Gasteiger partial charge on any atom is 0.302 e. The average Bonchev–Trinajstić information content (AvgIpc) is 2.19. The van der Waals surface area contributed by atoms with Crippen LogP contribution in [0, 0.1) is 0 Å². The molecule has 0 aliphatic carbocycles. The molecule has 0 radical (unpaired) electrons. The lowest BCUT2D eigenvalue weighted by atomic mass is 10.1. The first-order chi connectivity index (χ1) is 7.50. The normalized spacial score (nSPS) is 9.88. The fourth-order valence-electron chi connectivity index (χ4n) is 1.33. The minimum atomic E-state index is -0.328. The van der Waals surface area contributed by atoms with Crippen molar-refractivity contribution in [2.24, 2.45) is 0 Å². The molecule has 1 rings (SSSR count). The van der Waals surface area contributed by atoms with Crippen molar-refractivity contribution >= 4 is 11.8 Å². The summed E-state index contributed by atoms with van der Waals surface area (Å²) >= 11 is 0. The minimum Gasteiger partial charge on any atom is -0.507 e. The molecule has 0 aliphatic heterocycles. The molecule has 1 aromatic carbocycles. The number of aromatic hydroxyl groups is 1. The molecule has 4 nitrogen and oxygen atoms in total. The highest BCUT2D eigenvalue weighted by Gasteiger charge is 2.07. The van der Waals surface area contributed by atoms with Gasteiger partial charge in [0, 0.05) is 13.3 Å². The van der Waals surface area contributed by atoms with Crippen LogP contribution in [0.1, 0.15) is 29.8 Å². The molecule has 4 heteroatoms. The van der Waals surface area contributed by atoms with E-state index in [2.05, 4.69) is 0 Å². The van der Waals surface area contributed by atoms with Gasteiger partial charge in [-0.1, -0.05) is 6.07 Å². The van der Waals surface area contributed by atoms with Crippen LogP contribution in [-0.2, 0) is 16.0 Å². The molecule has 0 fully saturated rings. The van der Waals surface area contributed by atoms with Gasteiger partial charge in [-0.3, -0.25) is 9.59 Å².